The van der Waals surface area contributed by atoms with Crippen molar-refractivity contribution < 1.29 is 4.74 Å². The lowest BCUT2D eigenvalue weighted by atomic mass is 9.98. The van der Waals surface area contributed by atoms with Crippen molar-refractivity contribution in [1.29, 1.82) is 0 Å². The number of hydrogen-bond donors (Lipinski definition) is 1. The van der Waals surface area contributed by atoms with Crippen LogP contribution < -0.4 is 10.1 Å². The first kappa shape index (κ1) is 17.7. The van der Waals surface area contributed by atoms with E-state index in [0.29, 0.717) is 5.92 Å². The molecule has 1 aromatic heterocycles. The molecular weight excluding hydrogens is 332 g/mol. The van der Waals surface area contributed by atoms with Gasteiger partial charge >= 0.3 is 0 Å². The van der Waals surface area contributed by atoms with Gasteiger partial charge in [0.1, 0.15) is 5.75 Å². The number of likely N-dealkylation sites (tertiary alicyclic amines) is 1. The highest BCUT2D eigenvalue weighted by atomic mass is 32.1. The van der Waals surface area contributed by atoms with Crippen molar-refractivity contribution in [1.82, 2.24) is 15.2 Å². The van der Waals surface area contributed by atoms with Gasteiger partial charge in [-0.1, -0.05) is 12.1 Å². The maximum atomic E-state index is 5.25. The lowest BCUT2D eigenvalue weighted by molar-refractivity contribution is 0.414. The fraction of sp³-hybridized carbons (Fsp3) is 0.474. The number of ether oxygens (including phenoxy) is 1. The molecule has 1 aliphatic heterocycles. The maximum absolute atomic E-state index is 5.25. The van der Waals surface area contributed by atoms with E-state index >= 15 is 0 Å². The quantitative estimate of drug-likeness (QED) is 0.673. The maximum Gasteiger partial charge on any atom is 0.193 e. The van der Waals surface area contributed by atoms with E-state index < -0.39 is 0 Å². The summed E-state index contributed by atoms with van der Waals surface area (Å²) in [5.74, 6) is 2.42. The number of nitrogens with zero attached hydrogens (tertiary/aromatic N) is 3. The smallest absolute Gasteiger partial charge is 0.193 e. The first-order valence-corrected chi connectivity index (χ1v) is 9.44. The fourth-order valence-electron chi connectivity index (χ4n) is 3.33. The van der Waals surface area contributed by atoms with E-state index in [4.69, 9.17) is 4.74 Å². The number of aliphatic imine (C=N–C) groups is 1. The van der Waals surface area contributed by atoms with Gasteiger partial charge < -0.3 is 15.0 Å². The highest BCUT2D eigenvalue weighted by Gasteiger charge is 2.26. The van der Waals surface area contributed by atoms with Crippen LogP contribution in [0.3, 0.4) is 0 Å². The Kier molecular flexibility index (Phi) is 5.58. The predicted octanol–water partition coefficient (Wildman–Crippen LogP) is 3.33. The van der Waals surface area contributed by atoms with Crippen molar-refractivity contribution >= 4 is 17.3 Å². The number of nitrogens with one attached hydrogen (secondary N) is 1. The summed E-state index contributed by atoms with van der Waals surface area (Å²) in [7, 11) is 3.56. The van der Waals surface area contributed by atoms with E-state index in [0.717, 1.165) is 48.5 Å². The minimum Gasteiger partial charge on any atom is -0.497 e. The standard InChI is InChI=1S/C19H26N4OS/c1-13-18(25-14(2)22-13)11-21-19(20-3)23-10-9-16(12-23)15-5-7-17(24-4)8-6-15/h5-8,16H,9-12H2,1-4H3,(H,20,21). The molecule has 5 nitrogen and oxygen atoms in total. The van der Waals surface area contributed by atoms with Gasteiger partial charge in [-0.05, 0) is 38.0 Å². The lowest BCUT2D eigenvalue weighted by Crippen LogP contribution is -2.39. The van der Waals surface area contributed by atoms with Crippen LogP contribution in [-0.2, 0) is 6.54 Å². The molecule has 1 atom stereocenters. The summed E-state index contributed by atoms with van der Waals surface area (Å²) in [5, 5.41) is 4.61. The monoisotopic (exact) mass is 358 g/mol. The van der Waals surface area contributed by atoms with E-state index in [9.17, 15) is 0 Å². The lowest BCUT2D eigenvalue weighted by Gasteiger charge is -2.21. The molecule has 1 fully saturated rings. The number of guanidine groups is 1. The van der Waals surface area contributed by atoms with Gasteiger partial charge in [0.2, 0.25) is 0 Å². The number of benzene rings is 1. The zero-order chi connectivity index (χ0) is 17.8. The zero-order valence-electron chi connectivity index (χ0n) is 15.4. The summed E-state index contributed by atoms with van der Waals surface area (Å²) in [4.78, 5) is 12.6. The van der Waals surface area contributed by atoms with Crippen LogP contribution in [0.2, 0.25) is 0 Å². The summed E-state index contributed by atoms with van der Waals surface area (Å²) < 4.78 is 5.25. The van der Waals surface area contributed by atoms with Crippen LogP contribution in [-0.4, -0.2) is 43.1 Å². The molecular formula is C19H26N4OS. The Hall–Kier alpha value is -2.08. The molecule has 3 rings (SSSR count). The van der Waals surface area contributed by atoms with Crippen LogP contribution in [0.4, 0.5) is 0 Å². The Labute approximate surface area is 153 Å². The second-order valence-corrected chi connectivity index (χ2v) is 7.63. The molecule has 0 radical (unpaired) electrons. The molecule has 1 aromatic carbocycles. The molecule has 0 spiro atoms. The van der Waals surface area contributed by atoms with E-state index in [1.807, 2.05) is 19.2 Å². The van der Waals surface area contributed by atoms with Gasteiger partial charge in [-0.3, -0.25) is 4.99 Å². The third-order valence-electron chi connectivity index (χ3n) is 4.69. The topological polar surface area (TPSA) is 49.8 Å². The number of aromatic nitrogens is 1. The van der Waals surface area contributed by atoms with E-state index in [1.54, 1.807) is 18.4 Å². The summed E-state index contributed by atoms with van der Waals surface area (Å²) >= 11 is 1.75. The van der Waals surface area contributed by atoms with Crippen LogP contribution in [0.1, 0.15) is 33.5 Å². The minimum absolute atomic E-state index is 0.539. The van der Waals surface area contributed by atoms with Crippen LogP contribution in [0, 0.1) is 13.8 Å². The highest BCUT2D eigenvalue weighted by molar-refractivity contribution is 7.11. The molecule has 0 saturated carbocycles. The molecule has 1 saturated heterocycles. The Morgan fingerprint density at radius 1 is 1.36 bits per heavy atom. The molecule has 2 aromatic rings. The number of thiazole rings is 1. The molecule has 0 aliphatic carbocycles. The Morgan fingerprint density at radius 3 is 2.72 bits per heavy atom. The molecule has 0 amide bonds. The first-order valence-electron chi connectivity index (χ1n) is 8.63. The third kappa shape index (κ3) is 4.12. The van der Waals surface area contributed by atoms with Gasteiger partial charge in [0, 0.05) is 30.9 Å². The average molecular weight is 359 g/mol. The van der Waals surface area contributed by atoms with Crippen LogP contribution in [0.5, 0.6) is 5.75 Å². The molecule has 2 heterocycles. The zero-order valence-corrected chi connectivity index (χ0v) is 16.2. The number of rotatable bonds is 4. The molecule has 0 bridgehead atoms. The van der Waals surface area contributed by atoms with Crippen molar-refractivity contribution in [3.05, 3.63) is 45.4 Å². The summed E-state index contributed by atoms with van der Waals surface area (Å²) in [5.41, 5.74) is 2.48. The Bertz CT molecular complexity index is 738. The normalized spacial score (nSPS) is 17.8. The molecule has 1 unspecified atom stereocenters. The largest absolute Gasteiger partial charge is 0.497 e. The van der Waals surface area contributed by atoms with Crippen LogP contribution in [0.15, 0.2) is 29.3 Å². The fourth-order valence-corrected chi connectivity index (χ4v) is 4.21. The highest BCUT2D eigenvalue weighted by Crippen LogP contribution is 2.28. The molecule has 134 valence electrons. The van der Waals surface area contributed by atoms with Gasteiger partial charge in [0.15, 0.2) is 5.96 Å². The van der Waals surface area contributed by atoms with Gasteiger partial charge in [-0.25, -0.2) is 4.98 Å². The van der Waals surface area contributed by atoms with Crippen molar-refractivity contribution in [2.45, 2.75) is 32.7 Å². The van der Waals surface area contributed by atoms with Crippen molar-refractivity contribution in [2.24, 2.45) is 4.99 Å². The SMILES string of the molecule is CN=C(NCc1sc(C)nc1C)N1CCC(c2ccc(OC)cc2)C1. The number of aryl methyl sites for hydroxylation is 2. The number of hydrogen-bond acceptors (Lipinski definition) is 4. The first-order chi connectivity index (χ1) is 12.1. The van der Waals surface area contributed by atoms with E-state index in [2.05, 4.69) is 46.2 Å². The van der Waals surface area contributed by atoms with Gasteiger partial charge in [-0.15, -0.1) is 11.3 Å². The second-order valence-electron chi connectivity index (χ2n) is 6.35. The third-order valence-corrected chi connectivity index (χ3v) is 5.77. The average Bonchev–Trinajstić information content (AvgIpc) is 3.22. The Morgan fingerprint density at radius 2 is 2.12 bits per heavy atom. The summed E-state index contributed by atoms with van der Waals surface area (Å²) in [6.45, 7) is 6.92. The predicted molar refractivity (Wildman–Crippen MR) is 104 cm³/mol. The van der Waals surface area contributed by atoms with Gasteiger partial charge in [0.05, 0.1) is 24.4 Å². The van der Waals surface area contributed by atoms with E-state index in [1.165, 1.54) is 10.4 Å². The van der Waals surface area contributed by atoms with Crippen molar-refractivity contribution in [2.75, 3.05) is 27.2 Å². The van der Waals surface area contributed by atoms with Crippen molar-refractivity contribution in [3.8, 4) is 5.75 Å². The molecule has 1 N–H and O–H groups in total. The summed E-state index contributed by atoms with van der Waals surface area (Å²) in [6, 6.07) is 8.43. The van der Waals surface area contributed by atoms with Crippen LogP contribution >= 0.6 is 11.3 Å². The van der Waals surface area contributed by atoms with Gasteiger partial charge in [0.25, 0.3) is 0 Å². The van der Waals surface area contributed by atoms with Gasteiger partial charge in [-0.2, -0.15) is 0 Å². The van der Waals surface area contributed by atoms with Crippen LogP contribution in [0.25, 0.3) is 0 Å². The minimum atomic E-state index is 0.539. The summed E-state index contributed by atoms with van der Waals surface area (Å²) in [6.07, 6.45) is 1.14. The molecule has 6 heteroatoms. The second kappa shape index (κ2) is 7.87. The Balaban J connectivity index is 1.60. The van der Waals surface area contributed by atoms with E-state index in [-0.39, 0.29) is 0 Å². The number of methoxy groups -OCH3 is 1. The van der Waals surface area contributed by atoms with Crippen molar-refractivity contribution in [3.63, 3.8) is 0 Å². The molecule has 25 heavy (non-hydrogen) atoms. The molecule has 1 aliphatic rings.